The molecule has 0 aliphatic rings. The van der Waals surface area contributed by atoms with Crippen LogP contribution in [0.1, 0.15) is 10.4 Å². The molecule has 0 aliphatic carbocycles. The van der Waals surface area contributed by atoms with E-state index in [9.17, 15) is 9.59 Å². The Labute approximate surface area is 190 Å². The number of benzene rings is 1. The van der Waals surface area contributed by atoms with Crippen molar-refractivity contribution < 1.29 is 19.4 Å². The van der Waals surface area contributed by atoms with Gasteiger partial charge in [-0.15, -0.1) is 0 Å². The molecule has 1 aromatic heterocycles. The van der Waals surface area contributed by atoms with Crippen molar-refractivity contribution in [3.05, 3.63) is 47.1 Å². The summed E-state index contributed by atoms with van der Waals surface area (Å²) in [5.41, 5.74) is 0.681. The van der Waals surface area contributed by atoms with Crippen LogP contribution in [0.15, 0.2) is 41.6 Å². The minimum atomic E-state index is -1.07. The number of nitrogens with zero attached hydrogens (tertiary/aromatic N) is 1. The first-order valence-corrected chi connectivity index (χ1v) is 7.66. The Morgan fingerprint density at radius 2 is 2.08 bits per heavy atom. The van der Waals surface area contributed by atoms with E-state index in [1.807, 2.05) is 0 Å². The summed E-state index contributed by atoms with van der Waals surface area (Å²) in [6, 6.07) is 7.75. The monoisotopic (exact) mass is 392 g/mol. The fourth-order valence-electron chi connectivity index (χ4n) is 1.74. The number of hydrogen-bond donors (Lipinski definition) is 2. The van der Waals surface area contributed by atoms with Crippen LogP contribution in [0.25, 0.3) is 0 Å². The van der Waals surface area contributed by atoms with Crippen LogP contribution in [0.2, 0.25) is 5.02 Å². The van der Waals surface area contributed by atoms with Gasteiger partial charge >= 0.3 is 57.4 Å². The first-order chi connectivity index (χ1) is 11.0. The van der Waals surface area contributed by atoms with Crippen molar-refractivity contribution in [2.75, 3.05) is 19.0 Å². The van der Waals surface area contributed by atoms with E-state index in [1.54, 1.807) is 18.2 Å². The molecule has 1 heterocycles. The molecule has 9 heteroatoms. The summed E-state index contributed by atoms with van der Waals surface area (Å²) < 4.78 is 5.18. The molecule has 0 spiro atoms. The summed E-state index contributed by atoms with van der Waals surface area (Å²) in [7, 11) is 1.52. The van der Waals surface area contributed by atoms with Crippen LogP contribution in [0.3, 0.4) is 0 Å². The van der Waals surface area contributed by atoms with Gasteiger partial charge in [0.15, 0.2) is 0 Å². The minimum absolute atomic E-state index is 0. The molecule has 0 bridgehead atoms. The molecule has 0 aliphatic heterocycles. The number of thioether (sulfide) groups is 1. The Kier molecular flexibility index (Phi) is 9.28. The van der Waals surface area contributed by atoms with Crippen LogP contribution in [0.4, 0.5) is 5.69 Å². The van der Waals surface area contributed by atoms with E-state index >= 15 is 0 Å². The molecule has 0 unspecified atom stereocenters. The van der Waals surface area contributed by atoms with Crippen molar-refractivity contribution in [3.8, 4) is 5.75 Å². The van der Waals surface area contributed by atoms with Gasteiger partial charge in [-0.25, -0.2) is 9.78 Å². The molecule has 6 nitrogen and oxygen atoms in total. The average molecular weight is 393 g/mol. The van der Waals surface area contributed by atoms with Crippen LogP contribution in [0.5, 0.6) is 5.75 Å². The second kappa shape index (κ2) is 10.4. The van der Waals surface area contributed by atoms with Crippen LogP contribution < -0.4 is 10.1 Å². The fraction of sp³-hybridized carbons (Fsp3) is 0.133. The number of rotatable bonds is 6. The van der Waals surface area contributed by atoms with Crippen molar-refractivity contribution in [1.82, 2.24) is 4.98 Å². The number of hydrogen-bond acceptors (Lipinski definition) is 6. The number of pyridine rings is 1. The summed E-state index contributed by atoms with van der Waals surface area (Å²) in [4.78, 5) is 26.9. The molecule has 24 heavy (non-hydrogen) atoms. The van der Waals surface area contributed by atoms with Crippen molar-refractivity contribution in [2.45, 2.75) is 5.03 Å². The quantitative estimate of drug-likeness (QED) is 0.576. The van der Waals surface area contributed by atoms with Crippen LogP contribution >= 0.6 is 23.4 Å². The molecule has 122 valence electrons. The third kappa shape index (κ3) is 6.36. The summed E-state index contributed by atoms with van der Waals surface area (Å²) in [6.07, 6.45) is 1.35. The first-order valence-electron chi connectivity index (χ1n) is 6.47. The third-order valence-corrected chi connectivity index (χ3v) is 3.82. The number of anilines is 1. The molecule has 2 N–H and O–H groups in total. The summed E-state index contributed by atoms with van der Waals surface area (Å²) >= 11 is 6.78. The van der Waals surface area contributed by atoms with E-state index in [4.69, 9.17) is 21.4 Å². The van der Waals surface area contributed by atoms with E-state index in [0.29, 0.717) is 21.5 Å². The molecule has 0 saturated carbocycles. The number of ether oxygens (including phenoxy) is 1. The molecule has 0 fully saturated rings. The molecule has 2 aromatic rings. The van der Waals surface area contributed by atoms with Gasteiger partial charge in [-0.05, 0) is 42.1 Å². The number of aromatic carboxylic acids is 1. The van der Waals surface area contributed by atoms with Gasteiger partial charge < -0.3 is 15.2 Å². The van der Waals surface area contributed by atoms with Gasteiger partial charge in [0.1, 0.15) is 10.8 Å². The number of carboxylic acids is 1. The van der Waals surface area contributed by atoms with Gasteiger partial charge in [0.25, 0.3) is 0 Å². The van der Waals surface area contributed by atoms with Crippen molar-refractivity contribution in [1.29, 1.82) is 0 Å². The van der Waals surface area contributed by atoms with E-state index < -0.39 is 5.97 Å². The molecule has 0 radical (unpaired) electrons. The normalized spacial score (nSPS) is 9.75. The van der Waals surface area contributed by atoms with Crippen molar-refractivity contribution >= 4 is 91.5 Å². The van der Waals surface area contributed by atoms with E-state index in [0.717, 1.165) is 11.8 Å². The van der Waals surface area contributed by atoms with Gasteiger partial charge in [-0.1, -0.05) is 11.6 Å². The standard InChI is InChI=1S/C15H13ClN2O4S.K.H/c1-22-12-3-2-10(16)7-11(12)18-8-14(19)23-13-6-9(15(20)21)4-5-17-13;;/h2-7,18H,8H2,1H3,(H,20,21);;. The SMILES string of the molecule is COc1ccc(Cl)cc1NCC(=O)Sc1cc(C(=O)O)ccn1.[KH]. The van der Waals surface area contributed by atoms with Crippen LogP contribution in [0, 0.1) is 0 Å². The molecule has 0 atom stereocenters. The van der Waals surface area contributed by atoms with Crippen molar-refractivity contribution in [2.24, 2.45) is 0 Å². The zero-order valence-corrected chi connectivity index (χ0v) is 13.6. The van der Waals surface area contributed by atoms with Crippen LogP contribution in [-0.2, 0) is 4.79 Å². The molecule has 0 amide bonds. The van der Waals surface area contributed by atoms with Gasteiger partial charge in [-0.3, -0.25) is 4.79 Å². The Morgan fingerprint density at radius 1 is 1.33 bits per heavy atom. The maximum atomic E-state index is 12.0. The predicted molar refractivity (Wildman–Crippen MR) is 95.7 cm³/mol. The number of carbonyl (C=O) groups excluding carboxylic acids is 1. The van der Waals surface area contributed by atoms with Gasteiger partial charge in [0.2, 0.25) is 5.12 Å². The maximum absolute atomic E-state index is 12.0. The molecular weight excluding hydrogens is 379 g/mol. The van der Waals surface area contributed by atoms with Gasteiger partial charge in [0.05, 0.1) is 24.9 Å². The summed E-state index contributed by atoms with van der Waals surface area (Å²) in [5, 5.41) is 12.5. The van der Waals surface area contributed by atoms with Gasteiger partial charge in [0, 0.05) is 11.2 Å². The number of aromatic nitrogens is 1. The molecular formula is C15H14ClKN2O4S. The summed E-state index contributed by atoms with van der Waals surface area (Å²) in [6.45, 7) is 0.0142. The Hall–Kier alpha value is -0.614. The van der Waals surface area contributed by atoms with Gasteiger partial charge in [-0.2, -0.15) is 0 Å². The third-order valence-electron chi connectivity index (χ3n) is 2.78. The van der Waals surface area contributed by atoms with E-state index in [-0.39, 0.29) is 68.6 Å². The number of methoxy groups -OCH3 is 1. The Morgan fingerprint density at radius 3 is 2.75 bits per heavy atom. The zero-order valence-electron chi connectivity index (χ0n) is 12.1. The van der Waals surface area contributed by atoms with E-state index in [2.05, 4.69) is 10.3 Å². The number of nitrogens with one attached hydrogen (secondary N) is 1. The number of halogens is 1. The van der Waals surface area contributed by atoms with Crippen molar-refractivity contribution in [3.63, 3.8) is 0 Å². The molecule has 0 saturated heterocycles. The average Bonchev–Trinajstić information content (AvgIpc) is 2.53. The molecule has 1 aromatic carbocycles. The fourth-order valence-corrected chi connectivity index (χ4v) is 2.59. The molecule has 2 rings (SSSR count). The second-order valence-electron chi connectivity index (χ2n) is 4.36. The summed E-state index contributed by atoms with van der Waals surface area (Å²) in [5.74, 6) is -0.498. The first kappa shape index (κ1) is 21.4. The topological polar surface area (TPSA) is 88.5 Å². The second-order valence-corrected chi connectivity index (χ2v) is 5.87. The van der Waals surface area contributed by atoms with Crippen LogP contribution in [-0.4, -0.2) is 86.2 Å². The zero-order chi connectivity index (χ0) is 16.8. The number of carbonyl (C=O) groups is 2. The Bertz CT molecular complexity index is 745. The number of carboxylic acid groups (broad SMARTS) is 1. The van der Waals surface area contributed by atoms with E-state index in [1.165, 1.54) is 25.4 Å². The Balaban J connectivity index is 0.00000288. The predicted octanol–water partition coefficient (Wildman–Crippen LogP) is 2.52.